The molecular formula is C23H28N2O2S. The predicted molar refractivity (Wildman–Crippen MR) is 119 cm³/mol. The zero-order valence-electron chi connectivity index (χ0n) is 16.9. The molecule has 0 saturated carbocycles. The number of morpholine rings is 1. The zero-order chi connectivity index (χ0) is 20.1. The number of anilines is 1. The van der Waals surface area contributed by atoms with Crippen molar-refractivity contribution in [1.82, 2.24) is 4.90 Å². The van der Waals surface area contributed by atoms with E-state index in [1.165, 1.54) is 0 Å². The first kappa shape index (κ1) is 20.6. The van der Waals surface area contributed by atoms with E-state index in [1.54, 1.807) is 0 Å². The van der Waals surface area contributed by atoms with Crippen LogP contribution in [0.3, 0.4) is 0 Å². The first-order chi connectivity index (χ1) is 13.4. The minimum atomic E-state index is -0.850. The number of ketones is 1. The van der Waals surface area contributed by atoms with Gasteiger partial charge in [0.05, 0.1) is 13.2 Å². The number of likely N-dealkylation sites (N-methyl/N-ethyl adjacent to an activating group) is 1. The van der Waals surface area contributed by atoms with Crippen LogP contribution >= 0.6 is 12.2 Å². The molecule has 0 amide bonds. The second-order valence-electron chi connectivity index (χ2n) is 7.45. The van der Waals surface area contributed by atoms with Crippen molar-refractivity contribution < 1.29 is 9.53 Å². The molecule has 0 spiro atoms. The summed E-state index contributed by atoms with van der Waals surface area (Å²) in [4.78, 5) is 18.6. The minimum absolute atomic E-state index is 0.0439. The molecule has 1 aliphatic heterocycles. The van der Waals surface area contributed by atoms with Crippen LogP contribution in [0.2, 0.25) is 0 Å². The second-order valence-corrected chi connectivity index (χ2v) is 8.06. The summed E-state index contributed by atoms with van der Waals surface area (Å²) < 4.78 is 5.42. The molecule has 0 aromatic heterocycles. The van der Waals surface area contributed by atoms with Crippen molar-refractivity contribution in [3.05, 3.63) is 65.7 Å². The predicted octanol–water partition coefficient (Wildman–Crippen LogP) is 3.64. The molecule has 1 fully saturated rings. The fraction of sp³-hybridized carbons (Fsp3) is 0.391. The fourth-order valence-corrected chi connectivity index (χ4v) is 4.16. The Hall–Kier alpha value is -2.08. The molecule has 4 nitrogen and oxygen atoms in total. The Balaban J connectivity index is 1.91. The summed E-state index contributed by atoms with van der Waals surface area (Å²) in [7, 11) is 3.86. The molecule has 0 aliphatic carbocycles. The van der Waals surface area contributed by atoms with Crippen LogP contribution in [0, 0.1) is 0 Å². The number of Topliss-reactive ketones (excluding diaryl/α,β-unsaturated/α-hetero) is 1. The first-order valence-corrected chi connectivity index (χ1v) is 10.1. The van der Waals surface area contributed by atoms with Gasteiger partial charge >= 0.3 is 0 Å². The van der Waals surface area contributed by atoms with Crippen molar-refractivity contribution in [2.24, 2.45) is 0 Å². The molecule has 0 bridgehead atoms. The maximum atomic E-state index is 13.7. The summed E-state index contributed by atoms with van der Waals surface area (Å²) in [6.45, 7) is 5.11. The van der Waals surface area contributed by atoms with Gasteiger partial charge in [0.15, 0.2) is 5.78 Å². The van der Waals surface area contributed by atoms with Crippen LogP contribution < -0.4 is 4.90 Å². The Kier molecular flexibility index (Phi) is 6.60. The number of thiocarbonyl (C=S) groups is 1. The Bertz CT molecular complexity index is 814. The van der Waals surface area contributed by atoms with Crippen molar-refractivity contribution in [3.63, 3.8) is 0 Å². The highest BCUT2D eigenvalue weighted by Gasteiger charge is 2.43. The van der Waals surface area contributed by atoms with E-state index in [0.29, 0.717) is 16.8 Å². The average molecular weight is 397 g/mol. The van der Waals surface area contributed by atoms with E-state index < -0.39 is 5.54 Å². The number of hydrogen-bond acceptors (Lipinski definition) is 5. The van der Waals surface area contributed by atoms with Gasteiger partial charge in [0.1, 0.15) is 5.54 Å². The molecule has 1 aliphatic rings. The van der Waals surface area contributed by atoms with Crippen LogP contribution in [0.5, 0.6) is 0 Å². The molecule has 0 radical (unpaired) electrons. The summed E-state index contributed by atoms with van der Waals surface area (Å²) in [5.41, 5.74) is 2.05. The molecule has 2 aromatic rings. The summed E-state index contributed by atoms with van der Waals surface area (Å²) in [5.74, 6) is 0.0439. The summed E-state index contributed by atoms with van der Waals surface area (Å²) in [6.07, 6.45) is 0.556. The van der Waals surface area contributed by atoms with Crippen LogP contribution in [0.4, 0.5) is 5.69 Å². The topological polar surface area (TPSA) is 32.8 Å². The molecule has 28 heavy (non-hydrogen) atoms. The van der Waals surface area contributed by atoms with Crippen LogP contribution in [0.25, 0.3) is 0 Å². The third-order valence-electron chi connectivity index (χ3n) is 5.53. The monoisotopic (exact) mass is 396 g/mol. The smallest absolute Gasteiger partial charge is 0.188 e. The fourth-order valence-electron chi connectivity index (χ4n) is 3.82. The van der Waals surface area contributed by atoms with Gasteiger partial charge in [0, 0.05) is 35.6 Å². The molecule has 148 valence electrons. The van der Waals surface area contributed by atoms with Crippen LogP contribution in [-0.4, -0.2) is 61.5 Å². The average Bonchev–Trinajstić information content (AvgIpc) is 2.72. The Labute approximate surface area is 173 Å². The molecule has 1 heterocycles. The Morgan fingerprint density at radius 2 is 1.68 bits per heavy atom. The molecule has 1 saturated heterocycles. The third kappa shape index (κ3) is 4.17. The van der Waals surface area contributed by atoms with Gasteiger partial charge in [-0.15, -0.1) is 0 Å². The SMILES string of the molecule is CC(=S)C(Cc1ccccc1)(C(=O)c1ccc(N2CCOCC2)cc1)N(C)C. The molecule has 1 unspecified atom stereocenters. The van der Waals surface area contributed by atoms with Crippen molar-refractivity contribution in [3.8, 4) is 0 Å². The normalized spacial score (nSPS) is 16.6. The zero-order valence-corrected chi connectivity index (χ0v) is 17.7. The van der Waals surface area contributed by atoms with Gasteiger partial charge in [0.2, 0.25) is 0 Å². The van der Waals surface area contributed by atoms with Gasteiger partial charge in [-0.1, -0.05) is 42.5 Å². The summed E-state index contributed by atoms with van der Waals surface area (Å²) in [6, 6.07) is 18.0. The molecule has 0 N–H and O–H groups in total. The number of carbonyl (C=O) groups excluding carboxylic acids is 1. The van der Waals surface area contributed by atoms with E-state index in [9.17, 15) is 4.79 Å². The van der Waals surface area contributed by atoms with E-state index in [4.69, 9.17) is 17.0 Å². The van der Waals surface area contributed by atoms with Crippen molar-refractivity contribution in [2.75, 3.05) is 45.3 Å². The molecule has 2 aromatic carbocycles. The number of benzene rings is 2. The highest BCUT2D eigenvalue weighted by atomic mass is 32.1. The van der Waals surface area contributed by atoms with Crippen molar-refractivity contribution in [1.29, 1.82) is 0 Å². The lowest BCUT2D eigenvalue weighted by molar-refractivity contribution is 0.0807. The maximum absolute atomic E-state index is 13.7. The van der Waals surface area contributed by atoms with Gasteiger partial charge in [0.25, 0.3) is 0 Å². The Morgan fingerprint density at radius 1 is 1.07 bits per heavy atom. The number of nitrogens with zero attached hydrogens (tertiary/aromatic N) is 2. The van der Waals surface area contributed by atoms with Crippen LogP contribution in [0.1, 0.15) is 22.8 Å². The molecule has 3 rings (SSSR count). The van der Waals surface area contributed by atoms with Crippen LogP contribution in [-0.2, 0) is 11.2 Å². The second kappa shape index (κ2) is 8.95. The molecule has 1 atom stereocenters. The Morgan fingerprint density at radius 3 is 2.21 bits per heavy atom. The lowest BCUT2D eigenvalue weighted by Gasteiger charge is -2.38. The molecular weight excluding hydrogens is 368 g/mol. The number of ether oxygens (including phenoxy) is 1. The van der Waals surface area contributed by atoms with Crippen LogP contribution in [0.15, 0.2) is 54.6 Å². The third-order valence-corrected chi connectivity index (χ3v) is 5.87. The number of hydrogen-bond donors (Lipinski definition) is 0. The van der Waals surface area contributed by atoms with E-state index in [2.05, 4.69) is 4.90 Å². The first-order valence-electron chi connectivity index (χ1n) is 9.65. The van der Waals surface area contributed by atoms with Crippen molar-refractivity contribution in [2.45, 2.75) is 18.9 Å². The van der Waals surface area contributed by atoms with E-state index in [1.807, 2.05) is 80.5 Å². The lowest BCUT2D eigenvalue weighted by Crippen LogP contribution is -2.57. The number of carbonyl (C=O) groups is 1. The van der Waals surface area contributed by atoms with Gasteiger partial charge in [-0.2, -0.15) is 0 Å². The quantitative estimate of drug-likeness (QED) is 0.527. The van der Waals surface area contributed by atoms with Crippen molar-refractivity contribution >= 4 is 28.6 Å². The largest absolute Gasteiger partial charge is 0.378 e. The maximum Gasteiger partial charge on any atom is 0.188 e. The standard InChI is InChI=1S/C23H28N2O2S/c1-18(28)23(24(2)3,17-19-7-5-4-6-8-19)22(26)20-9-11-21(12-10-20)25-13-15-27-16-14-25/h4-12H,13-17H2,1-3H3. The summed E-state index contributed by atoms with van der Waals surface area (Å²) >= 11 is 5.62. The van der Waals surface area contributed by atoms with Gasteiger partial charge in [-0.3, -0.25) is 9.69 Å². The number of rotatable bonds is 7. The highest BCUT2D eigenvalue weighted by molar-refractivity contribution is 7.80. The van der Waals surface area contributed by atoms with E-state index in [0.717, 1.165) is 37.6 Å². The molecule has 5 heteroatoms. The van der Waals surface area contributed by atoms with Gasteiger partial charge in [-0.25, -0.2) is 0 Å². The lowest BCUT2D eigenvalue weighted by atomic mass is 9.80. The summed E-state index contributed by atoms with van der Waals surface area (Å²) in [5, 5.41) is 0. The van der Waals surface area contributed by atoms with Gasteiger partial charge in [-0.05, 0) is 50.8 Å². The van der Waals surface area contributed by atoms with E-state index in [-0.39, 0.29) is 5.78 Å². The minimum Gasteiger partial charge on any atom is -0.378 e. The van der Waals surface area contributed by atoms with Gasteiger partial charge < -0.3 is 9.64 Å². The highest BCUT2D eigenvalue weighted by Crippen LogP contribution is 2.28. The van der Waals surface area contributed by atoms with E-state index >= 15 is 0 Å².